The fourth-order valence-electron chi connectivity index (χ4n) is 3.92. The van der Waals surface area contributed by atoms with Gasteiger partial charge in [-0.15, -0.1) is 24.0 Å². The van der Waals surface area contributed by atoms with Crippen molar-refractivity contribution in [2.45, 2.75) is 71.1 Å². The standard InChI is InChI=1S/C19H35N3O.HI/c1-2-20-18(21-14-10-17-8-4-5-9-17)22-16-19(13-15-23)11-6-3-7-12-19;/h8,23H,2-7,9-16H2,1H3,(H2,20,21,22);1H. The first-order valence-electron chi connectivity index (χ1n) is 9.59. The van der Waals surface area contributed by atoms with Crippen molar-refractivity contribution in [3.63, 3.8) is 0 Å². The lowest BCUT2D eigenvalue weighted by Crippen LogP contribution is -2.39. The molecule has 1 saturated carbocycles. The van der Waals surface area contributed by atoms with Crippen molar-refractivity contribution in [3.8, 4) is 0 Å². The SMILES string of the molecule is CCNC(=NCC1(CCO)CCCCC1)NCCC1=CCCC1.I. The molecule has 0 radical (unpaired) electrons. The Bertz CT molecular complexity index is 398. The summed E-state index contributed by atoms with van der Waals surface area (Å²) in [4.78, 5) is 4.86. The maximum atomic E-state index is 9.43. The number of aliphatic hydroxyl groups excluding tert-OH is 1. The van der Waals surface area contributed by atoms with Gasteiger partial charge < -0.3 is 15.7 Å². The summed E-state index contributed by atoms with van der Waals surface area (Å²) in [5, 5.41) is 16.3. The predicted octanol–water partition coefficient (Wildman–Crippen LogP) is 3.99. The monoisotopic (exact) mass is 449 g/mol. The first-order chi connectivity index (χ1) is 11.3. The van der Waals surface area contributed by atoms with E-state index in [0.717, 1.165) is 38.4 Å². The molecule has 4 nitrogen and oxygen atoms in total. The maximum absolute atomic E-state index is 9.43. The van der Waals surface area contributed by atoms with E-state index >= 15 is 0 Å². The van der Waals surface area contributed by atoms with Gasteiger partial charge in [0.05, 0.1) is 0 Å². The van der Waals surface area contributed by atoms with Crippen LogP contribution in [0, 0.1) is 5.41 Å². The van der Waals surface area contributed by atoms with Crippen LogP contribution in [0.2, 0.25) is 0 Å². The maximum Gasteiger partial charge on any atom is 0.191 e. The predicted molar refractivity (Wildman–Crippen MR) is 113 cm³/mol. The van der Waals surface area contributed by atoms with E-state index in [2.05, 4.69) is 23.6 Å². The average molecular weight is 449 g/mol. The minimum atomic E-state index is 0. The second-order valence-corrected chi connectivity index (χ2v) is 7.16. The van der Waals surface area contributed by atoms with Crippen LogP contribution in [0.15, 0.2) is 16.6 Å². The van der Waals surface area contributed by atoms with Gasteiger partial charge in [-0.2, -0.15) is 0 Å². The molecule has 0 bridgehead atoms. The van der Waals surface area contributed by atoms with Crippen LogP contribution in [0.25, 0.3) is 0 Å². The highest BCUT2D eigenvalue weighted by Gasteiger charge is 2.31. The molecule has 0 amide bonds. The molecule has 24 heavy (non-hydrogen) atoms. The van der Waals surface area contributed by atoms with Gasteiger partial charge in [0, 0.05) is 26.2 Å². The fraction of sp³-hybridized carbons (Fsp3) is 0.842. The molecule has 1 fully saturated rings. The smallest absolute Gasteiger partial charge is 0.191 e. The summed E-state index contributed by atoms with van der Waals surface area (Å²) in [7, 11) is 0. The zero-order chi connectivity index (χ0) is 16.4. The molecule has 0 unspecified atom stereocenters. The molecular formula is C19H36IN3O. The van der Waals surface area contributed by atoms with Gasteiger partial charge in [-0.1, -0.05) is 30.9 Å². The first-order valence-corrected chi connectivity index (χ1v) is 9.59. The van der Waals surface area contributed by atoms with Gasteiger partial charge in [0.1, 0.15) is 0 Å². The number of halogens is 1. The number of rotatable bonds is 8. The van der Waals surface area contributed by atoms with Crippen LogP contribution >= 0.6 is 24.0 Å². The summed E-state index contributed by atoms with van der Waals surface area (Å²) in [6.45, 7) is 5.09. The number of allylic oxidation sites excluding steroid dienone is 1. The van der Waals surface area contributed by atoms with Crippen molar-refractivity contribution < 1.29 is 5.11 Å². The van der Waals surface area contributed by atoms with E-state index in [4.69, 9.17) is 4.99 Å². The van der Waals surface area contributed by atoms with Crippen LogP contribution in [-0.2, 0) is 0 Å². The summed E-state index contributed by atoms with van der Waals surface area (Å²) < 4.78 is 0. The largest absolute Gasteiger partial charge is 0.396 e. The highest BCUT2D eigenvalue weighted by atomic mass is 127. The molecule has 5 heteroatoms. The Morgan fingerprint density at radius 1 is 1.21 bits per heavy atom. The molecule has 0 atom stereocenters. The summed E-state index contributed by atoms with van der Waals surface area (Å²) >= 11 is 0. The van der Waals surface area contributed by atoms with Crippen molar-refractivity contribution in [1.82, 2.24) is 10.6 Å². The van der Waals surface area contributed by atoms with Crippen LogP contribution in [0.3, 0.4) is 0 Å². The minimum absolute atomic E-state index is 0. The normalized spacial score (nSPS) is 20.2. The molecule has 2 rings (SSSR count). The number of hydrogen-bond donors (Lipinski definition) is 3. The van der Waals surface area contributed by atoms with Crippen LogP contribution in [0.1, 0.15) is 71.1 Å². The highest BCUT2D eigenvalue weighted by molar-refractivity contribution is 14.0. The van der Waals surface area contributed by atoms with Gasteiger partial charge in [0.25, 0.3) is 0 Å². The van der Waals surface area contributed by atoms with Crippen LogP contribution in [0.4, 0.5) is 0 Å². The van der Waals surface area contributed by atoms with Gasteiger partial charge in [0.15, 0.2) is 5.96 Å². The lowest BCUT2D eigenvalue weighted by Gasteiger charge is -2.35. The Morgan fingerprint density at radius 2 is 2.00 bits per heavy atom. The first kappa shape index (κ1) is 21.7. The molecule has 140 valence electrons. The number of guanidine groups is 1. The Kier molecular flexibility index (Phi) is 11.0. The summed E-state index contributed by atoms with van der Waals surface area (Å²) in [6.07, 6.45) is 14.6. The van der Waals surface area contributed by atoms with Gasteiger partial charge in [-0.05, 0) is 57.3 Å². The van der Waals surface area contributed by atoms with E-state index in [1.54, 1.807) is 5.57 Å². The number of nitrogens with zero attached hydrogens (tertiary/aromatic N) is 1. The average Bonchev–Trinajstić information content (AvgIpc) is 3.07. The molecule has 3 N–H and O–H groups in total. The zero-order valence-electron chi connectivity index (χ0n) is 15.3. The summed E-state index contributed by atoms with van der Waals surface area (Å²) in [5.74, 6) is 0.939. The van der Waals surface area contributed by atoms with Crippen LogP contribution in [-0.4, -0.2) is 37.3 Å². The Hall–Kier alpha value is -0.300. The molecular weight excluding hydrogens is 413 g/mol. The summed E-state index contributed by atoms with van der Waals surface area (Å²) in [5.41, 5.74) is 1.82. The molecule has 0 aliphatic heterocycles. The van der Waals surface area contributed by atoms with E-state index in [1.807, 2.05) is 0 Å². The van der Waals surface area contributed by atoms with Crippen molar-refractivity contribution in [1.29, 1.82) is 0 Å². The van der Waals surface area contributed by atoms with Crippen molar-refractivity contribution in [2.24, 2.45) is 10.4 Å². The molecule has 0 aromatic rings. The van der Waals surface area contributed by atoms with Crippen molar-refractivity contribution in [3.05, 3.63) is 11.6 Å². The lowest BCUT2D eigenvalue weighted by atomic mass is 9.72. The topological polar surface area (TPSA) is 56.7 Å². The van der Waals surface area contributed by atoms with Gasteiger partial charge in [0.2, 0.25) is 0 Å². The minimum Gasteiger partial charge on any atom is -0.396 e. The molecule has 0 saturated heterocycles. The van der Waals surface area contributed by atoms with E-state index in [1.165, 1.54) is 51.4 Å². The Labute approximate surface area is 165 Å². The zero-order valence-corrected chi connectivity index (χ0v) is 17.6. The van der Waals surface area contributed by atoms with Gasteiger partial charge >= 0.3 is 0 Å². The second-order valence-electron chi connectivity index (χ2n) is 7.16. The van der Waals surface area contributed by atoms with Crippen molar-refractivity contribution >= 4 is 29.9 Å². The summed E-state index contributed by atoms with van der Waals surface area (Å²) in [6, 6.07) is 0. The number of aliphatic hydroxyl groups is 1. The number of hydrogen-bond acceptors (Lipinski definition) is 2. The van der Waals surface area contributed by atoms with E-state index in [-0.39, 0.29) is 36.0 Å². The molecule has 0 heterocycles. The van der Waals surface area contributed by atoms with E-state index < -0.39 is 0 Å². The third kappa shape index (κ3) is 7.30. The number of nitrogens with one attached hydrogen (secondary N) is 2. The van der Waals surface area contributed by atoms with E-state index in [9.17, 15) is 5.11 Å². The molecule has 0 spiro atoms. The lowest BCUT2D eigenvalue weighted by molar-refractivity contribution is 0.137. The second kappa shape index (κ2) is 12.1. The molecule has 2 aliphatic carbocycles. The highest BCUT2D eigenvalue weighted by Crippen LogP contribution is 2.39. The molecule has 2 aliphatic rings. The third-order valence-corrected chi connectivity index (χ3v) is 5.35. The van der Waals surface area contributed by atoms with Crippen LogP contribution in [0.5, 0.6) is 0 Å². The van der Waals surface area contributed by atoms with Crippen LogP contribution < -0.4 is 10.6 Å². The van der Waals surface area contributed by atoms with Gasteiger partial charge in [-0.3, -0.25) is 4.99 Å². The van der Waals surface area contributed by atoms with E-state index in [0.29, 0.717) is 0 Å². The quantitative estimate of drug-likeness (QED) is 0.227. The fourth-order valence-corrected chi connectivity index (χ4v) is 3.92. The molecule has 0 aromatic heterocycles. The van der Waals surface area contributed by atoms with Gasteiger partial charge in [-0.25, -0.2) is 0 Å². The number of aliphatic imine (C=N–C) groups is 1. The Balaban J connectivity index is 0.00000288. The molecule has 0 aromatic carbocycles. The third-order valence-electron chi connectivity index (χ3n) is 5.35. The van der Waals surface area contributed by atoms with Crippen molar-refractivity contribution in [2.75, 3.05) is 26.2 Å². The Morgan fingerprint density at radius 3 is 2.62 bits per heavy atom.